The SMILES string of the molecule is Cn1c(-c2cccc(C(F)(F)F)c2)nc(-c2cncnc2)c1C(=O)N1CCC(N2CCCC2)CC1. The highest BCUT2D eigenvalue weighted by molar-refractivity contribution is 5.99. The molecule has 0 bridgehead atoms. The van der Waals surface area contributed by atoms with Gasteiger partial charge in [0.25, 0.3) is 5.91 Å². The monoisotopic (exact) mass is 484 g/mol. The van der Waals surface area contributed by atoms with E-state index in [4.69, 9.17) is 0 Å². The number of aromatic nitrogens is 4. The topological polar surface area (TPSA) is 67.2 Å². The number of halogens is 3. The Hall–Kier alpha value is -3.27. The zero-order chi connectivity index (χ0) is 24.6. The number of carbonyl (C=O) groups is 1. The van der Waals surface area contributed by atoms with Crippen LogP contribution < -0.4 is 0 Å². The van der Waals surface area contributed by atoms with Gasteiger partial charge in [0.2, 0.25) is 0 Å². The highest BCUT2D eigenvalue weighted by Crippen LogP contribution is 2.34. The standard InChI is InChI=1S/C25H27F3N6O/c1-32-22(24(35)34-11-7-20(8-12-34)33-9-2-3-10-33)21(18-14-29-16-30-15-18)31-23(32)17-5-4-6-19(13-17)25(26,27)28/h4-6,13-16,20H,2-3,7-12H2,1H3. The fourth-order valence-electron chi connectivity index (χ4n) is 5.15. The number of amides is 1. The van der Waals surface area contributed by atoms with Crippen LogP contribution in [0.4, 0.5) is 13.2 Å². The Balaban J connectivity index is 1.49. The lowest BCUT2D eigenvalue weighted by atomic mass is 10.0. The Morgan fingerprint density at radius 2 is 1.69 bits per heavy atom. The minimum Gasteiger partial charge on any atom is -0.337 e. The second-order valence-electron chi connectivity index (χ2n) is 9.16. The number of rotatable bonds is 4. The van der Waals surface area contributed by atoms with Crippen LogP contribution in [0.25, 0.3) is 22.6 Å². The molecule has 4 heterocycles. The maximum atomic E-state index is 13.7. The van der Waals surface area contributed by atoms with Crippen LogP contribution in [-0.2, 0) is 13.2 Å². The van der Waals surface area contributed by atoms with Gasteiger partial charge < -0.3 is 14.4 Å². The smallest absolute Gasteiger partial charge is 0.337 e. The van der Waals surface area contributed by atoms with E-state index < -0.39 is 11.7 Å². The summed E-state index contributed by atoms with van der Waals surface area (Å²) >= 11 is 0. The molecule has 0 atom stereocenters. The second kappa shape index (κ2) is 9.41. The van der Waals surface area contributed by atoms with E-state index in [0.717, 1.165) is 38.1 Å². The lowest BCUT2D eigenvalue weighted by Gasteiger charge is -2.36. The van der Waals surface area contributed by atoms with Crippen LogP contribution in [0.15, 0.2) is 43.0 Å². The molecule has 2 fully saturated rings. The van der Waals surface area contributed by atoms with Gasteiger partial charge in [0.1, 0.15) is 23.5 Å². The lowest BCUT2D eigenvalue weighted by Crippen LogP contribution is -2.46. The molecule has 10 heteroatoms. The summed E-state index contributed by atoms with van der Waals surface area (Å²) in [5, 5.41) is 0. The van der Waals surface area contributed by atoms with Gasteiger partial charge in [-0.15, -0.1) is 0 Å². The van der Waals surface area contributed by atoms with Crippen LogP contribution in [-0.4, -0.2) is 67.4 Å². The molecule has 7 nitrogen and oxygen atoms in total. The number of alkyl halides is 3. The van der Waals surface area contributed by atoms with Crippen LogP contribution in [0.1, 0.15) is 41.7 Å². The van der Waals surface area contributed by atoms with Crippen molar-refractivity contribution in [3.05, 3.63) is 54.2 Å². The van der Waals surface area contributed by atoms with Gasteiger partial charge in [-0.25, -0.2) is 15.0 Å². The predicted molar refractivity (Wildman–Crippen MR) is 124 cm³/mol. The number of hydrogen-bond donors (Lipinski definition) is 0. The van der Waals surface area contributed by atoms with Gasteiger partial charge in [-0.05, 0) is 50.9 Å². The molecule has 2 saturated heterocycles. The molecule has 1 amide bonds. The molecule has 0 radical (unpaired) electrons. The number of nitrogens with zero attached hydrogens (tertiary/aromatic N) is 6. The van der Waals surface area contributed by atoms with Crippen molar-refractivity contribution in [3.63, 3.8) is 0 Å². The fourth-order valence-corrected chi connectivity index (χ4v) is 5.15. The number of hydrogen-bond acceptors (Lipinski definition) is 5. The van der Waals surface area contributed by atoms with Gasteiger partial charge in [0, 0.05) is 49.7 Å². The first-order valence-corrected chi connectivity index (χ1v) is 11.9. The third-order valence-corrected chi connectivity index (χ3v) is 6.99. The number of likely N-dealkylation sites (tertiary alicyclic amines) is 2. The molecule has 0 N–H and O–H groups in total. The highest BCUT2D eigenvalue weighted by atomic mass is 19.4. The van der Waals surface area contributed by atoms with Gasteiger partial charge in [-0.3, -0.25) is 4.79 Å². The molecule has 0 unspecified atom stereocenters. The predicted octanol–water partition coefficient (Wildman–Crippen LogP) is 4.26. The summed E-state index contributed by atoms with van der Waals surface area (Å²) < 4.78 is 41.6. The summed E-state index contributed by atoms with van der Waals surface area (Å²) in [6.07, 6.45) is 4.30. The Morgan fingerprint density at radius 1 is 1.00 bits per heavy atom. The molecule has 2 aromatic heterocycles. The fraction of sp³-hybridized carbons (Fsp3) is 0.440. The number of benzene rings is 1. The normalized spacial score (nSPS) is 17.8. The quantitative estimate of drug-likeness (QED) is 0.554. The van der Waals surface area contributed by atoms with E-state index >= 15 is 0 Å². The third kappa shape index (κ3) is 4.67. The van der Waals surface area contributed by atoms with Crippen molar-refractivity contribution in [2.45, 2.75) is 37.9 Å². The van der Waals surface area contributed by atoms with E-state index in [9.17, 15) is 18.0 Å². The lowest BCUT2D eigenvalue weighted by molar-refractivity contribution is -0.137. The van der Waals surface area contributed by atoms with Gasteiger partial charge >= 0.3 is 6.18 Å². The summed E-state index contributed by atoms with van der Waals surface area (Å²) in [5.74, 6) is 0.0993. The molecule has 2 aliphatic heterocycles. The van der Waals surface area contributed by atoms with Gasteiger partial charge in [-0.1, -0.05) is 12.1 Å². The molecule has 1 aromatic carbocycles. The highest BCUT2D eigenvalue weighted by Gasteiger charge is 2.34. The summed E-state index contributed by atoms with van der Waals surface area (Å²) in [4.78, 5) is 30.8. The molecule has 35 heavy (non-hydrogen) atoms. The van der Waals surface area contributed by atoms with Crippen molar-refractivity contribution in [3.8, 4) is 22.6 Å². The van der Waals surface area contributed by atoms with Crippen LogP contribution in [0.3, 0.4) is 0 Å². The van der Waals surface area contributed by atoms with Crippen molar-refractivity contribution >= 4 is 5.91 Å². The molecular formula is C25H27F3N6O. The van der Waals surface area contributed by atoms with E-state index in [2.05, 4.69) is 19.9 Å². The van der Waals surface area contributed by atoms with Crippen LogP contribution in [0.2, 0.25) is 0 Å². The Labute approximate surface area is 201 Å². The average molecular weight is 485 g/mol. The maximum Gasteiger partial charge on any atom is 0.416 e. The summed E-state index contributed by atoms with van der Waals surface area (Å²) in [6.45, 7) is 3.52. The van der Waals surface area contributed by atoms with Crippen molar-refractivity contribution in [1.29, 1.82) is 0 Å². The first kappa shape index (κ1) is 23.5. The summed E-state index contributed by atoms with van der Waals surface area (Å²) in [6, 6.07) is 5.50. The maximum absolute atomic E-state index is 13.7. The largest absolute Gasteiger partial charge is 0.416 e. The number of imidazole rings is 1. The van der Waals surface area contributed by atoms with Gasteiger partial charge in [-0.2, -0.15) is 13.2 Å². The molecule has 3 aromatic rings. The van der Waals surface area contributed by atoms with Crippen LogP contribution in [0.5, 0.6) is 0 Å². The average Bonchev–Trinajstić information content (AvgIpc) is 3.52. The van der Waals surface area contributed by atoms with Crippen LogP contribution >= 0.6 is 0 Å². The summed E-state index contributed by atoms with van der Waals surface area (Å²) in [7, 11) is 1.67. The molecule has 184 valence electrons. The Kier molecular flexibility index (Phi) is 6.31. The first-order chi connectivity index (χ1) is 16.8. The van der Waals surface area contributed by atoms with Gasteiger partial charge in [0.05, 0.1) is 5.56 Å². The minimum absolute atomic E-state index is 0.183. The van der Waals surface area contributed by atoms with Crippen LogP contribution in [0, 0.1) is 0 Å². The van der Waals surface area contributed by atoms with Crippen molar-refractivity contribution in [2.75, 3.05) is 26.2 Å². The van der Waals surface area contributed by atoms with E-state index in [-0.39, 0.29) is 17.3 Å². The first-order valence-electron chi connectivity index (χ1n) is 11.9. The van der Waals surface area contributed by atoms with E-state index in [0.29, 0.717) is 36.1 Å². The molecule has 0 spiro atoms. The molecule has 5 rings (SSSR count). The molecule has 0 saturated carbocycles. The van der Waals surface area contributed by atoms with Crippen molar-refractivity contribution < 1.29 is 18.0 Å². The van der Waals surface area contributed by atoms with Crippen molar-refractivity contribution in [2.24, 2.45) is 7.05 Å². The Morgan fingerprint density at radius 3 is 2.34 bits per heavy atom. The molecular weight excluding hydrogens is 457 g/mol. The van der Waals surface area contributed by atoms with Crippen molar-refractivity contribution in [1.82, 2.24) is 29.3 Å². The van der Waals surface area contributed by atoms with E-state index in [1.807, 2.05) is 4.90 Å². The zero-order valence-corrected chi connectivity index (χ0v) is 19.5. The molecule has 0 aliphatic carbocycles. The van der Waals surface area contributed by atoms with E-state index in [1.54, 1.807) is 30.1 Å². The van der Waals surface area contributed by atoms with E-state index in [1.165, 1.54) is 25.2 Å². The second-order valence-corrected chi connectivity index (χ2v) is 9.16. The molecule has 2 aliphatic rings. The minimum atomic E-state index is -4.48. The zero-order valence-electron chi connectivity index (χ0n) is 19.5. The third-order valence-electron chi connectivity index (χ3n) is 6.99. The number of piperidine rings is 1. The number of carbonyl (C=O) groups excluding carboxylic acids is 1. The van der Waals surface area contributed by atoms with Gasteiger partial charge in [0.15, 0.2) is 0 Å². The summed E-state index contributed by atoms with van der Waals surface area (Å²) in [5.41, 5.74) is 0.752. The Bertz CT molecular complexity index is 1200.